The van der Waals surface area contributed by atoms with Crippen LogP contribution in [-0.2, 0) is 14.3 Å². The van der Waals surface area contributed by atoms with E-state index in [-0.39, 0.29) is 11.3 Å². The summed E-state index contributed by atoms with van der Waals surface area (Å²) in [5, 5.41) is 11.1. The van der Waals surface area contributed by atoms with Crippen LogP contribution in [0.15, 0.2) is 60.2 Å². The first-order chi connectivity index (χ1) is 17.6. The Morgan fingerprint density at radius 1 is 0.972 bits per heavy atom. The van der Waals surface area contributed by atoms with Gasteiger partial charge in [0, 0.05) is 31.7 Å². The molecule has 0 aromatic heterocycles. The molecule has 7 nitrogen and oxygen atoms in total. The molecule has 2 heterocycles. The van der Waals surface area contributed by atoms with Crippen molar-refractivity contribution in [3.05, 3.63) is 71.3 Å². The van der Waals surface area contributed by atoms with Crippen molar-refractivity contribution in [1.82, 2.24) is 9.80 Å². The van der Waals surface area contributed by atoms with E-state index in [9.17, 15) is 14.7 Å². The lowest BCUT2D eigenvalue weighted by molar-refractivity contribution is -0.140. The van der Waals surface area contributed by atoms with Gasteiger partial charge < -0.3 is 19.5 Å². The van der Waals surface area contributed by atoms with Gasteiger partial charge in [-0.1, -0.05) is 62.2 Å². The van der Waals surface area contributed by atoms with Crippen LogP contribution in [-0.4, -0.2) is 72.6 Å². The average Bonchev–Trinajstić information content (AvgIpc) is 3.17. The van der Waals surface area contributed by atoms with Crippen molar-refractivity contribution in [2.75, 3.05) is 46.0 Å². The first-order valence-electron chi connectivity index (χ1n) is 13.0. The molecule has 1 N–H and O–H groups in total. The Kier molecular flexibility index (Phi) is 9.14. The molecule has 2 aromatic carbocycles. The van der Waals surface area contributed by atoms with E-state index in [1.54, 1.807) is 29.2 Å². The second-order valence-electron chi connectivity index (χ2n) is 9.29. The monoisotopic (exact) mass is 492 g/mol. The van der Waals surface area contributed by atoms with Gasteiger partial charge in [0.25, 0.3) is 11.7 Å². The third-order valence-corrected chi connectivity index (χ3v) is 6.78. The summed E-state index contributed by atoms with van der Waals surface area (Å²) in [6.45, 7) is 7.23. The minimum atomic E-state index is -0.649. The molecule has 36 heavy (non-hydrogen) atoms. The summed E-state index contributed by atoms with van der Waals surface area (Å²) >= 11 is 0. The molecule has 7 heteroatoms. The molecule has 1 unspecified atom stereocenters. The number of carbonyl (C=O) groups is 2. The fourth-order valence-corrected chi connectivity index (χ4v) is 4.79. The molecule has 2 aliphatic heterocycles. The van der Waals surface area contributed by atoms with Crippen molar-refractivity contribution in [3.8, 4) is 5.75 Å². The molecule has 192 valence electrons. The third-order valence-electron chi connectivity index (χ3n) is 6.78. The number of nitrogens with zero attached hydrogens (tertiary/aromatic N) is 2. The summed E-state index contributed by atoms with van der Waals surface area (Å²) in [7, 11) is 0. The average molecular weight is 493 g/mol. The number of unbranched alkanes of at least 4 members (excludes halogenated alkanes) is 2. The number of ether oxygens (including phenoxy) is 2. The number of hydrogen-bond acceptors (Lipinski definition) is 6. The van der Waals surface area contributed by atoms with Crippen LogP contribution < -0.4 is 4.74 Å². The molecule has 1 atom stereocenters. The first-order valence-corrected chi connectivity index (χ1v) is 13.0. The fourth-order valence-electron chi connectivity index (χ4n) is 4.79. The number of likely N-dealkylation sites (tertiary alicyclic amines) is 1. The fraction of sp³-hybridized carbons (Fsp3) is 0.448. The van der Waals surface area contributed by atoms with E-state index in [0.717, 1.165) is 56.6 Å². The highest BCUT2D eigenvalue weighted by atomic mass is 16.5. The Balaban J connectivity index is 1.58. The highest BCUT2D eigenvalue weighted by molar-refractivity contribution is 6.46. The molecule has 4 rings (SSSR count). The zero-order valence-electron chi connectivity index (χ0n) is 21.0. The van der Waals surface area contributed by atoms with Gasteiger partial charge in [-0.3, -0.25) is 14.5 Å². The molecule has 0 spiro atoms. The number of aliphatic hydroxyl groups is 1. The largest absolute Gasteiger partial charge is 0.507 e. The van der Waals surface area contributed by atoms with Gasteiger partial charge in [-0.2, -0.15) is 0 Å². The van der Waals surface area contributed by atoms with Gasteiger partial charge in [0.05, 0.1) is 31.4 Å². The Morgan fingerprint density at radius 2 is 1.69 bits per heavy atom. The smallest absolute Gasteiger partial charge is 0.295 e. The van der Waals surface area contributed by atoms with E-state index in [4.69, 9.17) is 9.47 Å². The van der Waals surface area contributed by atoms with Crippen molar-refractivity contribution in [3.63, 3.8) is 0 Å². The Morgan fingerprint density at radius 3 is 2.39 bits per heavy atom. The lowest BCUT2D eigenvalue weighted by atomic mass is 9.95. The quantitative estimate of drug-likeness (QED) is 0.217. The summed E-state index contributed by atoms with van der Waals surface area (Å²) < 4.78 is 11.3. The first kappa shape index (κ1) is 25.9. The third kappa shape index (κ3) is 6.15. The topological polar surface area (TPSA) is 79.3 Å². The van der Waals surface area contributed by atoms with Crippen molar-refractivity contribution in [2.24, 2.45) is 0 Å². The highest BCUT2D eigenvalue weighted by Gasteiger charge is 2.45. The van der Waals surface area contributed by atoms with Gasteiger partial charge in [0.1, 0.15) is 11.5 Å². The number of amides is 1. The van der Waals surface area contributed by atoms with Gasteiger partial charge in [-0.05, 0) is 30.5 Å². The Bertz CT molecular complexity index is 1050. The molecule has 0 radical (unpaired) electrons. The lowest BCUT2D eigenvalue weighted by Crippen LogP contribution is -2.38. The number of aliphatic hydroxyl groups excluding tert-OH is 1. The Labute approximate surface area is 213 Å². The number of Topliss-reactive ketones (excluding diaryl/α,β-unsaturated/α-hetero) is 1. The van der Waals surface area contributed by atoms with Crippen LogP contribution in [0, 0.1) is 0 Å². The molecular formula is C29H36N2O5. The second-order valence-corrected chi connectivity index (χ2v) is 9.29. The molecule has 0 saturated carbocycles. The van der Waals surface area contributed by atoms with Crippen molar-refractivity contribution < 1.29 is 24.2 Å². The molecular weight excluding hydrogens is 456 g/mol. The van der Waals surface area contributed by atoms with E-state index in [0.29, 0.717) is 31.9 Å². The van der Waals surface area contributed by atoms with Gasteiger partial charge in [-0.15, -0.1) is 0 Å². The zero-order valence-corrected chi connectivity index (χ0v) is 21.0. The minimum Gasteiger partial charge on any atom is -0.507 e. The zero-order chi connectivity index (χ0) is 25.3. The van der Waals surface area contributed by atoms with E-state index >= 15 is 0 Å². The summed E-state index contributed by atoms with van der Waals surface area (Å²) in [6, 6.07) is 15.8. The van der Waals surface area contributed by atoms with Crippen LogP contribution in [0.3, 0.4) is 0 Å². The summed E-state index contributed by atoms with van der Waals surface area (Å²) in [5.41, 5.74) is 1.43. The highest BCUT2D eigenvalue weighted by Crippen LogP contribution is 2.39. The molecule has 2 saturated heterocycles. The van der Waals surface area contributed by atoms with E-state index in [1.807, 2.05) is 30.3 Å². The van der Waals surface area contributed by atoms with Crippen molar-refractivity contribution >= 4 is 17.4 Å². The van der Waals surface area contributed by atoms with E-state index in [1.165, 1.54) is 0 Å². The van der Waals surface area contributed by atoms with E-state index in [2.05, 4.69) is 11.8 Å². The van der Waals surface area contributed by atoms with Crippen LogP contribution in [0.2, 0.25) is 0 Å². The summed E-state index contributed by atoms with van der Waals surface area (Å²) in [4.78, 5) is 30.3. The second kappa shape index (κ2) is 12.7. The maximum Gasteiger partial charge on any atom is 0.295 e. The summed E-state index contributed by atoms with van der Waals surface area (Å²) in [6.07, 6.45) is 3.98. The maximum atomic E-state index is 13.2. The van der Waals surface area contributed by atoms with Gasteiger partial charge in [0.15, 0.2) is 0 Å². The number of ketones is 1. The molecule has 2 aliphatic rings. The van der Waals surface area contributed by atoms with Crippen molar-refractivity contribution in [1.29, 1.82) is 0 Å². The summed E-state index contributed by atoms with van der Waals surface area (Å²) in [5.74, 6) is -0.608. The molecule has 2 aromatic rings. The number of rotatable bonds is 11. The Hall–Kier alpha value is -3.16. The van der Waals surface area contributed by atoms with Gasteiger partial charge >= 0.3 is 0 Å². The number of benzene rings is 2. The normalized spacial score (nSPS) is 20.1. The number of morpholine rings is 1. The van der Waals surface area contributed by atoms with Crippen LogP contribution in [0.25, 0.3) is 5.76 Å². The molecule has 0 aliphatic carbocycles. The van der Waals surface area contributed by atoms with Crippen LogP contribution in [0.4, 0.5) is 0 Å². The molecule has 0 bridgehead atoms. The van der Waals surface area contributed by atoms with E-state index < -0.39 is 17.7 Å². The van der Waals surface area contributed by atoms with Gasteiger partial charge in [0.2, 0.25) is 0 Å². The number of hydrogen-bond donors (Lipinski definition) is 1. The van der Waals surface area contributed by atoms with Crippen LogP contribution in [0.5, 0.6) is 5.75 Å². The SMILES string of the molecule is CCCCCOc1ccc(C2/C(=C(\O)c3ccccc3)C(=O)C(=O)N2CCCN2CCOCC2)cc1. The van der Waals surface area contributed by atoms with Gasteiger partial charge in [-0.25, -0.2) is 0 Å². The maximum absolute atomic E-state index is 13.2. The predicted molar refractivity (Wildman–Crippen MR) is 139 cm³/mol. The number of carbonyl (C=O) groups excluding carboxylic acids is 2. The van der Waals surface area contributed by atoms with Crippen LogP contribution in [0.1, 0.15) is 49.8 Å². The van der Waals surface area contributed by atoms with Crippen molar-refractivity contribution in [2.45, 2.75) is 38.6 Å². The lowest BCUT2D eigenvalue weighted by Gasteiger charge is -2.29. The van der Waals surface area contributed by atoms with Crippen LogP contribution >= 0.6 is 0 Å². The standard InChI is InChI=1S/C29H36N2O5/c1-2-3-7-19-36-24-13-11-22(12-14-24)26-25(27(32)23-9-5-4-6-10-23)28(33)29(34)31(26)16-8-15-30-17-20-35-21-18-30/h4-6,9-14,26,32H,2-3,7-8,15-21H2,1H3/b27-25+. The molecule has 2 fully saturated rings. The predicted octanol–water partition coefficient (Wildman–Crippen LogP) is 4.40. The molecule has 1 amide bonds. The minimum absolute atomic E-state index is 0.134.